The van der Waals surface area contributed by atoms with Gasteiger partial charge in [-0.15, -0.1) is 24.0 Å². The van der Waals surface area contributed by atoms with Crippen LogP contribution in [0.5, 0.6) is 0 Å². The summed E-state index contributed by atoms with van der Waals surface area (Å²) >= 11 is 0. The van der Waals surface area contributed by atoms with Crippen LogP contribution in [0.15, 0.2) is 29.3 Å². The summed E-state index contributed by atoms with van der Waals surface area (Å²) in [6.07, 6.45) is 4.73. The lowest BCUT2D eigenvalue weighted by atomic mass is 9.89. The van der Waals surface area contributed by atoms with Crippen LogP contribution in [0.1, 0.15) is 49.8 Å². The molecule has 2 atom stereocenters. The Kier molecular flexibility index (Phi) is 12.7. The summed E-state index contributed by atoms with van der Waals surface area (Å²) in [5.74, 6) is 1.28. The number of ether oxygens (including phenoxy) is 2. The van der Waals surface area contributed by atoms with E-state index in [4.69, 9.17) is 9.47 Å². The summed E-state index contributed by atoms with van der Waals surface area (Å²) in [7, 11) is 1.81. The minimum absolute atomic E-state index is 0. The number of aliphatic imine (C=N–C) groups is 1. The van der Waals surface area contributed by atoms with E-state index >= 15 is 0 Å². The van der Waals surface area contributed by atoms with E-state index in [1.807, 2.05) is 7.05 Å². The molecule has 1 fully saturated rings. The quantitative estimate of drug-likeness (QED) is 0.238. The van der Waals surface area contributed by atoms with Crippen LogP contribution in [0.3, 0.4) is 0 Å². The van der Waals surface area contributed by atoms with E-state index in [1.54, 1.807) is 0 Å². The largest absolute Gasteiger partial charge is 0.380 e. The van der Waals surface area contributed by atoms with Crippen LogP contribution < -0.4 is 10.6 Å². The van der Waals surface area contributed by atoms with Gasteiger partial charge in [0.2, 0.25) is 0 Å². The molecule has 1 heterocycles. The van der Waals surface area contributed by atoms with Gasteiger partial charge in [0.15, 0.2) is 5.96 Å². The van der Waals surface area contributed by atoms with E-state index in [1.165, 1.54) is 24.0 Å². The Morgan fingerprint density at radius 3 is 2.70 bits per heavy atom. The third-order valence-corrected chi connectivity index (χ3v) is 4.79. The zero-order valence-corrected chi connectivity index (χ0v) is 19.3. The Labute approximate surface area is 181 Å². The first kappa shape index (κ1) is 24.2. The van der Waals surface area contributed by atoms with Crippen molar-refractivity contribution in [3.8, 4) is 0 Å². The lowest BCUT2D eigenvalue weighted by Gasteiger charge is -2.32. The fourth-order valence-corrected chi connectivity index (χ4v) is 3.22. The molecular formula is C21H36IN3O2. The van der Waals surface area contributed by atoms with Crippen molar-refractivity contribution in [1.29, 1.82) is 0 Å². The van der Waals surface area contributed by atoms with E-state index in [2.05, 4.69) is 53.7 Å². The molecule has 0 radical (unpaired) electrons. The van der Waals surface area contributed by atoms with Gasteiger partial charge in [0.1, 0.15) is 0 Å². The lowest BCUT2D eigenvalue weighted by Crippen LogP contribution is -2.43. The van der Waals surface area contributed by atoms with E-state index in [0.29, 0.717) is 12.5 Å². The van der Waals surface area contributed by atoms with Gasteiger partial charge >= 0.3 is 0 Å². The van der Waals surface area contributed by atoms with E-state index < -0.39 is 0 Å². The molecule has 5 nitrogen and oxygen atoms in total. The highest BCUT2D eigenvalue weighted by Crippen LogP contribution is 2.33. The normalized spacial score (nSPS) is 20.0. The maximum Gasteiger partial charge on any atom is 0.191 e. The van der Waals surface area contributed by atoms with Gasteiger partial charge in [-0.25, -0.2) is 0 Å². The molecule has 1 aromatic carbocycles. The minimum Gasteiger partial charge on any atom is -0.380 e. The molecule has 2 unspecified atom stereocenters. The zero-order chi connectivity index (χ0) is 18.6. The highest BCUT2D eigenvalue weighted by atomic mass is 127. The Morgan fingerprint density at radius 2 is 2.00 bits per heavy atom. The van der Waals surface area contributed by atoms with Crippen molar-refractivity contribution in [1.82, 2.24) is 10.6 Å². The topological polar surface area (TPSA) is 54.9 Å². The number of halogens is 1. The number of rotatable bonds is 9. The minimum atomic E-state index is 0. The Hall–Kier alpha value is -0.860. The van der Waals surface area contributed by atoms with Crippen molar-refractivity contribution in [2.75, 3.05) is 40.0 Å². The number of nitrogens with zero attached hydrogens (tertiary/aromatic N) is 1. The molecule has 1 aliphatic rings. The second-order valence-corrected chi connectivity index (χ2v) is 6.95. The lowest BCUT2D eigenvalue weighted by molar-refractivity contribution is -0.0265. The van der Waals surface area contributed by atoms with Gasteiger partial charge in [0, 0.05) is 39.3 Å². The fourth-order valence-electron chi connectivity index (χ4n) is 3.22. The second kappa shape index (κ2) is 14.2. The molecule has 0 bridgehead atoms. The molecular weight excluding hydrogens is 453 g/mol. The summed E-state index contributed by atoms with van der Waals surface area (Å²) in [4.78, 5) is 4.31. The highest BCUT2D eigenvalue weighted by Gasteiger charge is 2.27. The number of unbranched alkanes of at least 4 members (excludes halogenated alkanes) is 1. The third kappa shape index (κ3) is 8.79. The molecule has 2 rings (SSSR count). The van der Waals surface area contributed by atoms with Gasteiger partial charge in [-0.1, -0.05) is 43.2 Å². The smallest absolute Gasteiger partial charge is 0.191 e. The number of hydrogen-bond acceptors (Lipinski definition) is 3. The molecule has 1 aliphatic heterocycles. The second-order valence-electron chi connectivity index (χ2n) is 6.95. The maximum absolute atomic E-state index is 6.10. The highest BCUT2D eigenvalue weighted by molar-refractivity contribution is 14.0. The summed E-state index contributed by atoms with van der Waals surface area (Å²) in [6, 6.07) is 8.71. The zero-order valence-electron chi connectivity index (χ0n) is 17.0. The molecule has 6 heteroatoms. The molecule has 27 heavy (non-hydrogen) atoms. The number of aryl methyl sites for hydroxylation is 1. The molecule has 2 N–H and O–H groups in total. The maximum atomic E-state index is 6.10. The molecule has 0 aromatic heterocycles. The first-order valence-corrected chi connectivity index (χ1v) is 9.95. The summed E-state index contributed by atoms with van der Waals surface area (Å²) in [5, 5.41) is 6.78. The monoisotopic (exact) mass is 489 g/mol. The SMILES string of the molecule is CCCCOCCNC(=NC)NCC1CCCOC1c1ccc(C)cc1.I. The molecule has 0 spiro atoms. The molecule has 0 aliphatic carbocycles. The fraction of sp³-hybridized carbons (Fsp3) is 0.667. The molecule has 1 aromatic rings. The standard InChI is InChI=1S/C21H35N3O2.HI/c1-4-5-13-25-15-12-23-21(22-3)24-16-19-7-6-14-26-20(19)18-10-8-17(2)9-11-18;/h8-11,19-20H,4-7,12-16H2,1-3H3,(H2,22,23,24);1H. The molecule has 0 saturated carbocycles. The first-order chi connectivity index (χ1) is 12.7. The van der Waals surface area contributed by atoms with Crippen molar-refractivity contribution in [2.24, 2.45) is 10.9 Å². The Bertz CT molecular complexity index is 537. The van der Waals surface area contributed by atoms with Crippen LogP contribution in [0.25, 0.3) is 0 Å². The summed E-state index contributed by atoms with van der Waals surface area (Å²) < 4.78 is 11.7. The van der Waals surface area contributed by atoms with Crippen molar-refractivity contribution < 1.29 is 9.47 Å². The van der Waals surface area contributed by atoms with Gasteiger partial charge in [0.05, 0.1) is 12.7 Å². The summed E-state index contributed by atoms with van der Waals surface area (Å²) in [6.45, 7) is 8.30. The molecule has 154 valence electrons. The van der Waals surface area contributed by atoms with Crippen molar-refractivity contribution in [3.05, 3.63) is 35.4 Å². The average molecular weight is 489 g/mol. The molecule has 0 amide bonds. The van der Waals surface area contributed by atoms with Crippen molar-refractivity contribution in [2.45, 2.75) is 45.6 Å². The van der Waals surface area contributed by atoms with Crippen LogP contribution in [0.4, 0.5) is 0 Å². The van der Waals surface area contributed by atoms with Gasteiger partial charge in [0.25, 0.3) is 0 Å². The van der Waals surface area contributed by atoms with Crippen LogP contribution in [0.2, 0.25) is 0 Å². The van der Waals surface area contributed by atoms with Crippen molar-refractivity contribution >= 4 is 29.9 Å². The number of nitrogens with one attached hydrogen (secondary N) is 2. The van der Waals surface area contributed by atoms with Gasteiger partial charge in [-0.3, -0.25) is 4.99 Å². The third-order valence-electron chi connectivity index (χ3n) is 4.79. The predicted molar refractivity (Wildman–Crippen MR) is 123 cm³/mol. The number of hydrogen-bond donors (Lipinski definition) is 2. The molecule has 1 saturated heterocycles. The van der Waals surface area contributed by atoms with Gasteiger partial charge in [-0.2, -0.15) is 0 Å². The van der Waals surface area contributed by atoms with E-state index in [-0.39, 0.29) is 30.1 Å². The van der Waals surface area contributed by atoms with Crippen molar-refractivity contribution in [3.63, 3.8) is 0 Å². The van der Waals surface area contributed by atoms with Gasteiger partial charge < -0.3 is 20.1 Å². The summed E-state index contributed by atoms with van der Waals surface area (Å²) in [5.41, 5.74) is 2.55. The van der Waals surface area contributed by atoms with E-state index in [9.17, 15) is 0 Å². The van der Waals surface area contributed by atoms with Gasteiger partial charge in [-0.05, 0) is 31.7 Å². The number of guanidine groups is 1. The Balaban J connectivity index is 0.00000364. The average Bonchev–Trinajstić information content (AvgIpc) is 2.68. The first-order valence-electron chi connectivity index (χ1n) is 9.95. The van der Waals surface area contributed by atoms with Crippen LogP contribution in [-0.2, 0) is 9.47 Å². The van der Waals surface area contributed by atoms with Crippen LogP contribution >= 0.6 is 24.0 Å². The van der Waals surface area contributed by atoms with Crippen LogP contribution in [0, 0.1) is 12.8 Å². The predicted octanol–water partition coefficient (Wildman–Crippen LogP) is 4.06. The Morgan fingerprint density at radius 1 is 1.22 bits per heavy atom. The van der Waals surface area contributed by atoms with Crippen LogP contribution in [-0.4, -0.2) is 45.9 Å². The van der Waals surface area contributed by atoms with E-state index in [0.717, 1.165) is 45.1 Å². The number of benzene rings is 1.